The zero-order chi connectivity index (χ0) is 19.9. The molecule has 2 N–H and O–H groups in total. The van der Waals surface area contributed by atoms with Gasteiger partial charge < -0.3 is 5.32 Å². The second-order valence-corrected chi connectivity index (χ2v) is 8.65. The Labute approximate surface area is 164 Å². The first-order valence-electron chi connectivity index (χ1n) is 9.42. The number of rotatable bonds is 3. The van der Waals surface area contributed by atoms with Crippen molar-refractivity contribution in [3.63, 3.8) is 0 Å². The van der Waals surface area contributed by atoms with Crippen LogP contribution in [0.1, 0.15) is 62.0 Å². The van der Waals surface area contributed by atoms with E-state index in [-0.39, 0.29) is 16.7 Å². The number of aromatic nitrogens is 5. The van der Waals surface area contributed by atoms with Gasteiger partial charge in [0.2, 0.25) is 5.82 Å². The van der Waals surface area contributed by atoms with E-state index in [2.05, 4.69) is 64.7 Å². The van der Waals surface area contributed by atoms with Crippen LogP contribution in [0.3, 0.4) is 0 Å². The van der Waals surface area contributed by atoms with Gasteiger partial charge in [-0.25, -0.2) is 4.98 Å². The van der Waals surface area contributed by atoms with E-state index in [0.29, 0.717) is 17.2 Å². The average molecular weight is 376 g/mol. The van der Waals surface area contributed by atoms with Crippen LogP contribution in [0.5, 0.6) is 0 Å². The Hall–Kier alpha value is -3.09. The lowest BCUT2D eigenvalue weighted by molar-refractivity contribution is 0.102. The number of hydrogen-bond acceptors (Lipinski definition) is 5. The van der Waals surface area contributed by atoms with Crippen LogP contribution in [-0.2, 0) is 10.8 Å². The molecular weight excluding hydrogens is 352 g/mol. The van der Waals surface area contributed by atoms with E-state index in [1.807, 2.05) is 12.1 Å². The number of nitrogens with zero attached hydrogens (tertiary/aromatic N) is 4. The largest absolute Gasteiger partial charge is 0.307 e. The SMILES string of the molecule is CC1(C)CCC(C)(C)c2cc(C(=O)Nc3ccc(-c4nn[nH]n4)cn3)ccc21. The normalized spacial score (nSPS) is 17.0. The minimum absolute atomic E-state index is 0.0611. The summed E-state index contributed by atoms with van der Waals surface area (Å²) in [6.45, 7) is 9.05. The van der Waals surface area contributed by atoms with Crippen LogP contribution in [0.15, 0.2) is 36.5 Å². The summed E-state index contributed by atoms with van der Waals surface area (Å²) in [7, 11) is 0. The van der Waals surface area contributed by atoms with Crippen LogP contribution in [0.2, 0.25) is 0 Å². The number of carbonyl (C=O) groups is 1. The molecule has 0 bridgehead atoms. The van der Waals surface area contributed by atoms with Crippen LogP contribution >= 0.6 is 0 Å². The number of H-pyrrole nitrogens is 1. The van der Waals surface area contributed by atoms with Crippen molar-refractivity contribution >= 4 is 11.7 Å². The molecule has 2 heterocycles. The summed E-state index contributed by atoms with van der Waals surface area (Å²) in [4.78, 5) is 17.1. The van der Waals surface area contributed by atoms with Crippen molar-refractivity contribution in [2.45, 2.75) is 51.4 Å². The number of nitrogens with one attached hydrogen (secondary N) is 2. The summed E-state index contributed by atoms with van der Waals surface area (Å²) in [5, 5.41) is 16.6. The Morgan fingerprint density at radius 1 is 1.04 bits per heavy atom. The highest BCUT2D eigenvalue weighted by molar-refractivity contribution is 6.04. The van der Waals surface area contributed by atoms with E-state index in [0.717, 1.165) is 18.4 Å². The fourth-order valence-corrected chi connectivity index (χ4v) is 3.80. The van der Waals surface area contributed by atoms with E-state index in [4.69, 9.17) is 0 Å². The summed E-state index contributed by atoms with van der Waals surface area (Å²) in [6, 6.07) is 9.59. The number of benzene rings is 1. The van der Waals surface area contributed by atoms with Gasteiger partial charge in [0.05, 0.1) is 0 Å². The second-order valence-electron chi connectivity index (χ2n) is 8.65. The predicted octanol–water partition coefficient (Wildman–Crippen LogP) is 3.86. The van der Waals surface area contributed by atoms with Crippen molar-refractivity contribution in [3.05, 3.63) is 53.2 Å². The Bertz CT molecular complexity index is 1010. The van der Waals surface area contributed by atoms with Crippen LogP contribution in [0.4, 0.5) is 5.82 Å². The zero-order valence-corrected chi connectivity index (χ0v) is 16.6. The molecule has 28 heavy (non-hydrogen) atoms. The number of pyridine rings is 1. The third-order valence-corrected chi connectivity index (χ3v) is 5.72. The number of tetrazole rings is 1. The molecule has 0 saturated heterocycles. The highest BCUT2D eigenvalue weighted by atomic mass is 16.1. The van der Waals surface area contributed by atoms with Gasteiger partial charge in [0.25, 0.3) is 5.91 Å². The lowest BCUT2D eigenvalue weighted by Crippen LogP contribution is -2.34. The smallest absolute Gasteiger partial charge is 0.256 e. The Morgan fingerprint density at radius 3 is 2.43 bits per heavy atom. The standard InChI is InChI=1S/C21H24N6O/c1-20(2)9-10-21(3,4)16-11-13(5-7-15(16)20)19(28)23-17-8-6-14(12-22-17)18-24-26-27-25-18/h5-8,11-12H,9-10H2,1-4H3,(H,22,23,28)(H,24,25,26,27). The third-order valence-electron chi connectivity index (χ3n) is 5.72. The van der Waals surface area contributed by atoms with E-state index in [9.17, 15) is 4.79 Å². The van der Waals surface area contributed by atoms with Gasteiger partial charge in [-0.1, -0.05) is 33.8 Å². The summed E-state index contributed by atoms with van der Waals surface area (Å²) < 4.78 is 0. The van der Waals surface area contributed by atoms with E-state index in [1.165, 1.54) is 11.1 Å². The maximum Gasteiger partial charge on any atom is 0.256 e. The number of fused-ring (bicyclic) bond motifs is 1. The predicted molar refractivity (Wildman–Crippen MR) is 107 cm³/mol. The molecule has 0 spiro atoms. The molecule has 2 aromatic heterocycles. The van der Waals surface area contributed by atoms with E-state index >= 15 is 0 Å². The highest BCUT2D eigenvalue weighted by Crippen LogP contribution is 2.45. The first kappa shape index (κ1) is 18.3. The Kier molecular flexibility index (Phi) is 4.25. The van der Waals surface area contributed by atoms with Gasteiger partial charge >= 0.3 is 0 Å². The molecular formula is C21H24N6O. The van der Waals surface area contributed by atoms with Crippen LogP contribution in [0, 0.1) is 0 Å². The van der Waals surface area contributed by atoms with Crippen molar-refractivity contribution in [2.75, 3.05) is 5.32 Å². The minimum atomic E-state index is -0.165. The fourth-order valence-electron chi connectivity index (χ4n) is 3.80. The minimum Gasteiger partial charge on any atom is -0.307 e. The topological polar surface area (TPSA) is 96.5 Å². The van der Waals surface area contributed by atoms with Gasteiger partial charge in [-0.3, -0.25) is 4.79 Å². The van der Waals surface area contributed by atoms with Gasteiger partial charge in [-0.2, -0.15) is 5.21 Å². The molecule has 144 valence electrons. The summed E-state index contributed by atoms with van der Waals surface area (Å²) in [5.74, 6) is 0.779. The molecule has 0 fully saturated rings. The number of hydrogen-bond donors (Lipinski definition) is 2. The van der Waals surface area contributed by atoms with Crippen LogP contribution in [-0.4, -0.2) is 31.5 Å². The van der Waals surface area contributed by atoms with Crippen molar-refractivity contribution in [2.24, 2.45) is 0 Å². The van der Waals surface area contributed by atoms with Gasteiger partial charge in [0.1, 0.15) is 5.82 Å². The molecule has 0 aliphatic heterocycles. The molecule has 0 unspecified atom stereocenters. The van der Waals surface area contributed by atoms with E-state index in [1.54, 1.807) is 18.3 Å². The Balaban J connectivity index is 1.57. The first-order chi connectivity index (χ1) is 13.3. The van der Waals surface area contributed by atoms with Gasteiger partial charge in [0, 0.05) is 17.3 Å². The van der Waals surface area contributed by atoms with Crippen LogP contribution < -0.4 is 5.32 Å². The maximum atomic E-state index is 12.8. The number of anilines is 1. The lowest BCUT2D eigenvalue weighted by atomic mass is 9.63. The molecule has 7 heteroatoms. The molecule has 1 aliphatic rings. The summed E-state index contributed by atoms with van der Waals surface area (Å²) in [6.07, 6.45) is 3.87. The zero-order valence-electron chi connectivity index (χ0n) is 16.6. The number of amides is 1. The quantitative estimate of drug-likeness (QED) is 0.723. The molecule has 7 nitrogen and oxygen atoms in total. The third kappa shape index (κ3) is 3.28. The lowest BCUT2D eigenvalue weighted by Gasteiger charge is -2.42. The van der Waals surface area contributed by atoms with Crippen LogP contribution in [0.25, 0.3) is 11.4 Å². The average Bonchev–Trinajstić information content (AvgIpc) is 3.21. The monoisotopic (exact) mass is 376 g/mol. The molecule has 1 aromatic carbocycles. The van der Waals surface area contributed by atoms with Crippen molar-refractivity contribution < 1.29 is 4.79 Å². The molecule has 0 radical (unpaired) electrons. The number of carbonyl (C=O) groups excluding carboxylic acids is 1. The second kappa shape index (κ2) is 6.51. The fraction of sp³-hybridized carbons (Fsp3) is 0.381. The Morgan fingerprint density at radius 2 is 1.79 bits per heavy atom. The first-order valence-corrected chi connectivity index (χ1v) is 9.42. The van der Waals surface area contributed by atoms with Crippen molar-refractivity contribution in [3.8, 4) is 11.4 Å². The van der Waals surface area contributed by atoms with Crippen molar-refractivity contribution in [1.29, 1.82) is 0 Å². The van der Waals surface area contributed by atoms with Gasteiger partial charge in [-0.15, -0.1) is 10.2 Å². The summed E-state index contributed by atoms with van der Waals surface area (Å²) in [5.41, 5.74) is 4.16. The highest BCUT2D eigenvalue weighted by Gasteiger charge is 2.37. The van der Waals surface area contributed by atoms with Gasteiger partial charge in [-0.05, 0) is 64.3 Å². The maximum absolute atomic E-state index is 12.8. The molecule has 1 amide bonds. The molecule has 4 rings (SSSR count). The number of aromatic amines is 1. The molecule has 1 aliphatic carbocycles. The van der Waals surface area contributed by atoms with Crippen molar-refractivity contribution in [1.82, 2.24) is 25.6 Å². The molecule has 0 atom stereocenters. The molecule has 3 aromatic rings. The summed E-state index contributed by atoms with van der Waals surface area (Å²) >= 11 is 0. The van der Waals surface area contributed by atoms with Gasteiger partial charge in [0.15, 0.2) is 0 Å². The van der Waals surface area contributed by atoms with E-state index < -0.39 is 0 Å². The molecule has 0 saturated carbocycles.